The number of rotatable bonds is 3. The van der Waals surface area contributed by atoms with E-state index in [0.717, 1.165) is 38.8 Å². The Morgan fingerprint density at radius 2 is 1.95 bits per heavy atom. The Kier molecular flexibility index (Phi) is 4.88. The first-order valence-corrected chi connectivity index (χ1v) is 8.14. The molecule has 0 radical (unpaired) electrons. The molecule has 3 atom stereocenters. The van der Waals surface area contributed by atoms with Gasteiger partial charge in [-0.15, -0.1) is 0 Å². The molecule has 3 unspecified atom stereocenters. The van der Waals surface area contributed by atoms with Crippen molar-refractivity contribution < 1.29 is 4.79 Å². The third-order valence-corrected chi connectivity index (χ3v) is 5.08. The van der Waals surface area contributed by atoms with Gasteiger partial charge >= 0.3 is 0 Å². The van der Waals surface area contributed by atoms with E-state index in [9.17, 15) is 4.79 Å². The number of nitrogens with one attached hydrogen (secondary N) is 1. The molecule has 0 spiro atoms. The van der Waals surface area contributed by atoms with Crippen molar-refractivity contribution in [2.45, 2.75) is 77.8 Å². The van der Waals surface area contributed by atoms with E-state index in [-0.39, 0.29) is 5.41 Å². The highest BCUT2D eigenvalue weighted by Gasteiger charge is 2.44. The van der Waals surface area contributed by atoms with Crippen LogP contribution in [0.1, 0.15) is 65.7 Å². The molecule has 19 heavy (non-hydrogen) atoms. The summed E-state index contributed by atoms with van der Waals surface area (Å²) in [6.45, 7) is 8.61. The molecule has 2 aliphatic rings. The standard InChI is InChI=1S/C16H30N2O/c1-4-9-16(10-6-11-17-12-16)15(19)18-13(2)7-5-8-14(18)3/h13-14,17H,4-12H2,1-3H3. The lowest BCUT2D eigenvalue weighted by Gasteiger charge is -2.46. The third kappa shape index (κ3) is 2.96. The molecule has 0 aromatic carbocycles. The molecule has 3 nitrogen and oxygen atoms in total. The van der Waals surface area contributed by atoms with Gasteiger partial charge in [-0.1, -0.05) is 13.3 Å². The second kappa shape index (κ2) is 6.25. The predicted octanol–water partition coefficient (Wildman–Crippen LogP) is 2.95. The monoisotopic (exact) mass is 266 g/mol. The smallest absolute Gasteiger partial charge is 0.230 e. The summed E-state index contributed by atoms with van der Waals surface area (Å²) >= 11 is 0. The van der Waals surface area contributed by atoms with Crippen LogP contribution >= 0.6 is 0 Å². The lowest BCUT2D eigenvalue weighted by atomic mass is 9.74. The zero-order valence-electron chi connectivity index (χ0n) is 12.9. The summed E-state index contributed by atoms with van der Waals surface area (Å²) in [4.78, 5) is 15.4. The summed E-state index contributed by atoms with van der Waals surface area (Å²) in [6.07, 6.45) is 7.96. The van der Waals surface area contributed by atoms with Crippen molar-refractivity contribution in [2.75, 3.05) is 13.1 Å². The van der Waals surface area contributed by atoms with Gasteiger partial charge in [0.15, 0.2) is 0 Å². The fourth-order valence-electron chi connectivity index (χ4n) is 4.04. The topological polar surface area (TPSA) is 32.3 Å². The minimum atomic E-state index is -0.118. The van der Waals surface area contributed by atoms with Gasteiger partial charge in [0.05, 0.1) is 5.41 Å². The van der Waals surface area contributed by atoms with Crippen LogP contribution in [0.3, 0.4) is 0 Å². The lowest BCUT2D eigenvalue weighted by Crippen LogP contribution is -2.57. The van der Waals surface area contributed by atoms with Crippen molar-refractivity contribution >= 4 is 5.91 Å². The molecule has 2 rings (SSSR count). The van der Waals surface area contributed by atoms with Crippen molar-refractivity contribution in [1.82, 2.24) is 10.2 Å². The average Bonchev–Trinajstić information content (AvgIpc) is 2.40. The molecule has 0 bridgehead atoms. The van der Waals surface area contributed by atoms with Crippen molar-refractivity contribution in [3.63, 3.8) is 0 Å². The third-order valence-electron chi connectivity index (χ3n) is 5.08. The number of piperidine rings is 2. The molecule has 3 heteroatoms. The largest absolute Gasteiger partial charge is 0.337 e. The van der Waals surface area contributed by atoms with E-state index in [1.807, 2.05) is 0 Å². The minimum absolute atomic E-state index is 0.118. The molecule has 2 heterocycles. The van der Waals surface area contributed by atoms with Gasteiger partial charge in [-0.05, 0) is 58.9 Å². The van der Waals surface area contributed by atoms with Gasteiger partial charge in [0.1, 0.15) is 0 Å². The number of nitrogens with zero attached hydrogens (tertiary/aromatic N) is 1. The molecular weight excluding hydrogens is 236 g/mol. The number of hydrogen-bond acceptors (Lipinski definition) is 2. The molecule has 2 fully saturated rings. The first-order valence-electron chi connectivity index (χ1n) is 8.14. The normalized spacial score (nSPS) is 36.3. The fourth-order valence-corrected chi connectivity index (χ4v) is 4.04. The summed E-state index contributed by atoms with van der Waals surface area (Å²) in [7, 11) is 0. The summed E-state index contributed by atoms with van der Waals surface area (Å²) < 4.78 is 0. The van der Waals surface area contributed by atoms with E-state index in [4.69, 9.17) is 0 Å². The van der Waals surface area contributed by atoms with Crippen molar-refractivity contribution in [3.05, 3.63) is 0 Å². The second-order valence-corrected chi connectivity index (χ2v) is 6.65. The number of hydrogen-bond donors (Lipinski definition) is 1. The van der Waals surface area contributed by atoms with Crippen LogP contribution in [0.5, 0.6) is 0 Å². The van der Waals surface area contributed by atoms with Crippen LogP contribution in [-0.4, -0.2) is 36.0 Å². The maximum atomic E-state index is 13.2. The van der Waals surface area contributed by atoms with E-state index in [2.05, 4.69) is 31.0 Å². The van der Waals surface area contributed by atoms with Gasteiger partial charge in [-0.2, -0.15) is 0 Å². The molecule has 1 N–H and O–H groups in total. The van der Waals surface area contributed by atoms with E-state index in [1.165, 1.54) is 19.3 Å². The number of carbonyl (C=O) groups is 1. The molecule has 1 amide bonds. The molecule has 0 aromatic heterocycles. The zero-order chi connectivity index (χ0) is 13.9. The van der Waals surface area contributed by atoms with Crippen molar-refractivity contribution in [1.29, 1.82) is 0 Å². The van der Waals surface area contributed by atoms with E-state index in [1.54, 1.807) is 0 Å². The van der Waals surface area contributed by atoms with E-state index >= 15 is 0 Å². The van der Waals surface area contributed by atoms with Gasteiger partial charge in [0, 0.05) is 18.6 Å². The van der Waals surface area contributed by atoms with Gasteiger partial charge < -0.3 is 10.2 Å². The highest BCUT2D eigenvalue weighted by molar-refractivity contribution is 5.84. The number of carbonyl (C=O) groups excluding carboxylic acids is 1. The van der Waals surface area contributed by atoms with Gasteiger partial charge in [-0.25, -0.2) is 0 Å². The molecule has 110 valence electrons. The first-order chi connectivity index (χ1) is 9.10. The minimum Gasteiger partial charge on any atom is -0.337 e. The molecular formula is C16H30N2O. The maximum absolute atomic E-state index is 13.2. The van der Waals surface area contributed by atoms with Crippen LogP contribution < -0.4 is 5.32 Å². The Labute approximate surface area is 118 Å². The molecule has 2 aliphatic heterocycles. The Balaban J connectivity index is 2.18. The summed E-state index contributed by atoms with van der Waals surface area (Å²) in [5.41, 5.74) is -0.118. The summed E-state index contributed by atoms with van der Waals surface area (Å²) in [6, 6.07) is 0.846. The lowest BCUT2D eigenvalue weighted by molar-refractivity contribution is -0.150. The van der Waals surface area contributed by atoms with Gasteiger partial charge in [0.2, 0.25) is 5.91 Å². The molecule has 2 saturated heterocycles. The van der Waals surface area contributed by atoms with Crippen LogP contribution in [0.4, 0.5) is 0 Å². The van der Waals surface area contributed by atoms with Crippen LogP contribution in [0.15, 0.2) is 0 Å². The maximum Gasteiger partial charge on any atom is 0.230 e. The van der Waals surface area contributed by atoms with Crippen LogP contribution in [0.2, 0.25) is 0 Å². The Morgan fingerprint density at radius 3 is 2.47 bits per heavy atom. The van der Waals surface area contributed by atoms with E-state index in [0.29, 0.717) is 18.0 Å². The molecule has 0 aromatic rings. The average molecular weight is 266 g/mol. The van der Waals surface area contributed by atoms with Gasteiger partial charge in [0.25, 0.3) is 0 Å². The van der Waals surface area contributed by atoms with Crippen molar-refractivity contribution in [2.24, 2.45) is 5.41 Å². The zero-order valence-corrected chi connectivity index (χ0v) is 12.9. The summed E-state index contributed by atoms with van der Waals surface area (Å²) in [5.74, 6) is 0.432. The fraction of sp³-hybridized carbons (Fsp3) is 0.938. The second-order valence-electron chi connectivity index (χ2n) is 6.65. The number of likely N-dealkylation sites (tertiary alicyclic amines) is 1. The highest BCUT2D eigenvalue weighted by Crippen LogP contribution is 2.37. The first kappa shape index (κ1) is 14.8. The van der Waals surface area contributed by atoms with Crippen LogP contribution in [-0.2, 0) is 4.79 Å². The Morgan fingerprint density at radius 1 is 1.26 bits per heavy atom. The quantitative estimate of drug-likeness (QED) is 0.852. The Hall–Kier alpha value is -0.570. The number of amides is 1. The highest BCUT2D eigenvalue weighted by atomic mass is 16.2. The van der Waals surface area contributed by atoms with Crippen LogP contribution in [0.25, 0.3) is 0 Å². The molecule has 0 aliphatic carbocycles. The SMILES string of the molecule is CCCC1(C(=O)N2C(C)CCCC2C)CCCNC1. The van der Waals surface area contributed by atoms with Crippen molar-refractivity contribution in [3.8, 4) is 0 Å². The Bertz CT molecular complexity index is 294. The predicted molar refractivity (Wildman–Crippen MR) is 79.1 cm³/mol. The van der Waals surface area contributed by atoms with Gasteiger partial charge in [-0.3, -0.25) is 4.79 Å². The van der Waals surface area contributed by atoms with Crippen LogP contribution in [0, 0.1) is 5.41 Å². The summed E-state index contributed by atoms with van der Waals surface area (Å²) in [5, 5.41) is 3.46. The molecule has 0 saturated carbocycles. The van der Waals surface area contributed by atoms with E-state index < -0.39 is 0 Å².